The zero-order valence-electron chi connectivity index (χ0n) is 15.2. The molecular weight excluding hydrogens is 369 g/mol. The fraction of sp³-hybridized carbons (Fsp3) is 0.333. The molecule has 7 heteroatoms. The first kappa shape index (κ1) is 18.7. The molecule has 1 aliphatic heterocycles. The molecule has 2 aliphatic rings. The van der Waals surface area contributed by atoms with Gasteiger partial charge in [0, 0.05) is 36.3 Å². The molecule has 148 valence electrons. The van der Waals surface area contributed by atoms with Crippen molar-refractivity contribution in [3.63, 3.8) is 0 Å². The molecular formula is C21H21F3N2O2. The van der Waals surface area contributed by atoms with Gasteiger partial charge in [-0.15, -0.1) is 0 Å². The second-order valence-electron chi connectivity index (χ2n) is 7.07. The minimum atomic E-state index is -1.19. The van der Waals surface area contributed by atoms with Gasteiger partial charge in [0.2, 0.25) is 0 Å². The second kappa shape index (κ2) is 7.75. The predicted octanol–water partition coefficient (Wildman–Crippen LogP) is 4.12. The number of hydrogen-bond donors (Lipinski definition) is 2. The van der Waals surface area contributed by atoms with Crippen LogP contribution >= 0.6 is 0 Å². The summed E-state index contributed by atoms with van der Waals surface area (Å²) in [6.07, 6.45) is 3.00. The number of nitrogens with one attached hydrogen (secondary N) is 1. The number of rotatable bonds is 4. The Labute approximate surface area is 161 Å². The summed E-state index contributed by atoms with van der Waals surface area (Å²) in [5.41, 5.74) is 8.34. The van der Waals surface area contributed by atoms with Crippen molar-refractivity contribution in [2.24, 2.45) is 5.73 Å². The number of fused-ring (bicyclic) bond motifs is 1. The first-order valence-electron chi connectivity index (χ1n) is 9.22. The Morgan fingerprint density at radius 2 is 1.71 bits per heavy atom. The van der Waals surface area contributed by atoms with Gasteiger partial charge in [0.1, 0.15) is 19.0 Å². The number of halogens is 3. The van der Waals surface area contributed by atoms with E-state index >= 15 is 0 Å². The van der Waals surface area contributed by atoms with E-state index in [0.717, 1.165) is 23.1 Å². The van der Waals surface area contributed by atoms with Crippen LogP contribution in [0.15, 0.2) is 42.0 Å². The summed E-state index contributed by atoms with van der Waals surface area (Å²) in [5.74, 6) is -1.95. The summed E-state index contributed by atoms with van der Waals surface area (Å²) in [6.45, 7) is 1.66. The lowest BCUT2D eigenvalue weighted by Gasteiger charge is -2.29. The van der Waals surface area contributed by atoms with Crippen molar-refractivity contribution in [1.82, 2.24) is 0 Å². The van der Waals surface area contributed by atoms with Crippen molar-refractivity contribution in [2.45, 2.75) is 24.8 Å². The first-order chi connectivity index (χ1) is 13.5. The molecule has 4 rings (SSSR count). The molecule has 2 atom stereocenters. The molecule has 3 N–H and O–H groups in total. The molecule has 28 heavy (non-hydrogen) atoms. The van der Waals surface area contributed by atoms with Gasteiger partial charge in [-0.1, -0.05) is 11.6 Å². The minimum absolute atomic E-state index is 0.126. The number of nitrogens with two attached hydrogens (primary N) is 1. The van der Waals surface area contributed by atoms with Gasteiger partial charge in [-0.3, -0.25) is 0 Å². The van der Waals surface area contributed by atoms with Crippen LogP contribution in [0.3, 0.4) is 0 Å². The van der Waals surface area contributed by atoms with E-state index in [1.165, 1.54) is 0 Å². The zero-order valence-corrected chi connectivity index (χ0v) is 15.2. The van der Waals surface area contributed by atoms with E-state index in [-0.39, 0.29) is 17.5 Å². The molecule has 2 unspecified atom stereocenters. The Morgan fingerprint density at radius 3 is 2.50 bits per heavy atom. The maximum Gasteiger partial charge on any atom is 0.163 e. The van der Waals surface area contributed by atoms with Gasteiger partial charge in [-0.05, 0) is 36.6 Å². The zero-order chi connectivity index (χ0) is 19.7. The summed E-state index contributed by atoms with van der Waals surface area (Å²) >= 11 is 0. The van der Waals surface area contributed by atoms with E-state index in [9.17, 15) is 13.2 Å². The SMILES string of the molecule is NC1CC(CNc2ccc3c(c2)OCCO3)=CCC1c1cc(F)c(F)cc1F. The van der Waals surface area contributed by atoms with Crippen LogP contribution < -0.4 is 20.5 Å². The Balaban J connectivity index is 1.42. The van der Waals surface area contributed by atoms with Gasteiger partial charge in [-0.25, -0.2) is 13.2 Å². The third-order valence-corrected chi connectivity index (χ3v) is 5.18. The summed E-state index contributed by atoms with van der Waals surface area (Å²) in [6, 6.07) is 6.79. The molecule has 0 fully saturated rings. The van der Waals surface area contributed by atoms with Crippen molar-refractivity contribution in [1.29, 1.82) is 0 Å². The number of benzene rings is 2. The van der Waals surface area contributed by atoms with Crippen LogP contribution in [-0.4, -0.2) is 25.8 Å². The van der Waals surface area contributed by atoms with Crippen LogP contribution in [0.5, 0.6) is 11.5 Å². The quantitative estimate of drug-likeness (QED) is 0.609. The Morgan fingerprint density at radius 1 is 0.964 bits per heavy atom. The molecule has 0 spiro atoms. The second-order valence-corrected chi connectivity index (χ2v) is 7.07. The van der Waals surface area contributed by atoms with Gasteiger partial charge in [0.05, 0.1) is 0 Å². The fourth-order valence-corrected chi connectivity index (χ4v) is 3.69. The fourth-order valence-electron chi connectivity index (χ4n) is 3.69. The van der Waals surface area contributed by atoms with Gasteiger partial charge < -0.3 is 20.5 Å². The van der Waals surface area contributed by atoms with Crippen LogP contribution in [-0.2, 0) is 0 Å². The van der Waals surface area contributed by atoms with Gasteiger partial charge >= 0.3 is 0 Å². The van der Waals surface area contributed by atoms with E-state index < -0.39 is 17.5 Å². The highest BCUT2D eigenvalue weighted by atomic mass is 19.2. The third-order valence-electron chi connectivity index (χ3n) is 5.18. The van der Waals surface area contributed by atoms with Gasteiger partial charge in [-0.2, -0.15) is 0 Å². The largest absolute Gasteiger partial charge is 0.486 e. The van der Waals surface area contributed by atoms with Gasteiger partial charge in [0.25, 0.3) is 0 Å². The van der Waals surface area contributed by atoms with Crippen molar-refractivity contribution >= 4 is 5.69 Å². The summed E-state index contributed by atoms with van der Waals surface area (Å²) in [7, 11) is 0. The van der Waals surface area contributed by atoms with Crippen molar-refractivity contribution < 1.29 is 22.6 Å². The highest BCUT2D eigenvalue weighted by Crippen LogP contribution is 2.35. The third kappa shape index (κ3) is 3.80. The smallest absolute Gasteiger partial charge is 0.163 e. The maximum absolute atomic E-state index is 14.1. The molecule has 4 nitrogen and oxygen atoms in total. The maximum atomic E-state index is 14.1. The topological polar surface area (TPSA) is 56.5 Å². The van der Waals surface area contributed by atoms with E-state index in [4.69, 9.17) is 15.2 Å². The molecule has 0 aromatic heterocycles. The Kier molecular flexibility index (Phi) is 5.17. The number of ether oxygens (including phenoxy) is 2. The van der Waals surface area contributed by atoms with Crippen LogP contribution in [0, 0.1) is 17.5 Å². The van der Waals surface area contributed by atoms with Crippen LogP contribution in [0.2, 0.25) is 0 Å². The van der Waals surface area contributed by atoms with Crippen molar-refractivity contribution in [3.8, 4) is 11.5 Å². The summed E-state index contributed by atoms with van der Waals surface area (Å²) < 4.78 is 51.8. The lowest BCUT2D eigenvalue weighted by molar-refractivity contribution is 0.171. The lowest BCUT2D eigenvalue weighted by Crippen LogP contribution is -2.33. The standard InChI is InChI=1S/C21H21F3N2O2/c22-16-10-18(24)17(23)9-15(16)14-3-1-12(7-19(14)25)11-26-13-2-4-20-21(8-13)28-6-5-27-20/h1-2,4,8-10,14,19,26H,3,5-7,11,25H2. The Bertz CT molecular complexity index is 917. The molecule has 0 radical (unpaired) electrons. The molecule has 2 aromatic carbocycles. The monoisotopic (exact) mass is 390 g/mol. The van der Waals surface area contributed by atoms with Crippen LogP contribution in [0.1, 0.15) is 24.3 Å². The predicted molar refractivity (Wildman–Crippen MR) is 100 cm³/mol. The number of anilines is 1. The number of hydrogen-bond acceptors (Lipinski definition) is 4. The molecule has 0 amide bonds. The van der Waals surface area contributed by atoms with E-state index in [1.54, 1.807) is 0 Å². The lowest BCUT2D eigenvalue weighted by atomic mass is 9.80. The van der Waals surface area contributed by atoms with Crippen molar-refractivity contribution in [2.75, 3.05) is 25.1 Å². The van der Waals surface area contributed by atoms with Crippen LogP contribution in [0.4, 0.5) is 18.9 Å². The van der Waals surface area contributed by atoms with E-state index in [2.05, 4.69) is 5.32 Å². The van der Waals surface area contributed by atoms with Crippen LogP contribution in [0.25, 0.3) is 0 Å². The molecule has 1 aliphatic carbocycles. The van der Waals surface area contributed by atoms with Gasteiger partial charge in [0.15, 0.2) is 23.1 Å². The molecule has 0 saturated carbocycles. The number of allylic oxidation sites excluding steroid dienone is 1. The normalized spacial score (nSPS) is 21.2. The van der Waals surface area contributed by atoms with Crippen molar-refractivity contribution in [3.05, 3.63) is 65.0 Å². The first-order valence-corrected chi connectivity index (χ1v) is 9.22. The molecule has 2 aromatic rings. The average molecular weight is 390 g/mol. The average Bonchev–Trinajstić information content (AvgIpc) is 2.69. The summed E-state index contributed by atoms with van der Waals surface area (Å²) in [5, 5.41) is 3.32. The molecule has 0 bridgehead atoms. The van der Waals surface area contributed by atoms with E-state index in [0.29, 0.717) is 44.4 Å². The van der Waals surface area contributed by atoms with E-state index in [1.807, 2.05) is 24.3 Å². The molecule has 1 heterocycles. The molecule has 0 saturated heterocycles. The highest BCUT2D eigenvalue weighted by Gasteiger charge is 2.27. The highest BCUT2D eigenvalue weighted by molar-refractivity contribution is 5.55. The minimum Gasteiger partial charge on any atom is -0.486 e. The Hall–Kier alpha value is -2.67. The summed E-state index contributed by atoms with van der Waals surface area (Å²) in [4.78, 5) is 0.